The molecule has 0 amide bonds. The number of hydrogen-bond acceptors (Lipinski definition) is 5. The third-order valence-electron chi connectivity index (χ3n) is 4.77. The summed E-state index contributed by atoms with van der Waals surface area (Å²) in [6.45, 7) is 4.77. The highest BCUT2D eigenvalue weighted by Crippen LogP contribution is 2.28. The quantitative estimate of drug-likeness (QED) is 0.846. The number of fused-ring (bicyclic) bond motifs is 1. The summed E-state index contributed by atoms with van der Waals surface area (Å²) in [5.74, 6) is 0.566. The molecule has 2 heterocycles. The van der Waals surface area contributed by atoms with Crippen LogP contribution in [0.5, 0.6) is 5.75 Å². The molecule has 1 fully saturated rings. The number of aromatic hydroxyl groups is 1. The van der Waals surface area contributed by atoms with Gasteiger partial charge in [0.05, 0.1) is 0 Å². The second-order valence-corrected chi connectivity index (χ2v) is 6.32. The Morgan fingerprint density at radius 2 is 1.96 bits per heavy atom. The van der Waals surface area contributed by atoms with Crippen molar-refractivity contribution >= 4 is 11.0 Å². The molecule has 0 aliphatic carbocycles. The van der Waals surface area contributed by atoms with E-state index in [0.29, 0.717) is 18.0 Å². The molecule has 5 heteroatoms. The molecule has 3 rings (SSSR count). The molecule has 1 saturated heterocycles. The number of phenols is 1. The number of benzene rings is 1. The molecule has 0 bridgehead atoms. The lowest BCUT2D eigenvalue weighted by Crippen LogP contribution is -2.34. The number of rotatable bonds is 4. The maximum Gasteiger partial charge on any atom is 0.336 e. The van der Waals surface area contributed by atoms with Crippen LogP contribution >= 0.6 is 0 Å². The Balaban J connectivity index is 1.92. The van der Waals surface area contributed by atoms with Gasteiger partial charge in [0.15, 0.2) is 0 Å². The molecular weight excluding hydrogens is 294 g/mol. The van der Waals surface area contributed by atoms with Crippen LogP contribution in [-0.2, 0) is 13.0 Å². The van der Waals surface area contributed by atoms with Gasteiger partial charge in [0.1, 0.15) is 11.3 Å². The van der Waals surface area contributed by atoms with Crippen LogP contribution < -0.4 is 5.63 Å². The van der Waals surface area contributed by atoms with Crippen molar-refractivity contribution in [1.29, 1.82) is 0 Å². The van der Waals surface area contributed by atoms with Gasteiger partial charge in [0.25, 0.3) is 0 Å². The maximum absolute atomic E-state index is 11.8. The van der Waals surface area contributed by atoms with Gasteiger partial charge in [-0.25, -0.2) is 4.79 Å². The molecule has 124 valence electrons. The van der Waals surface area contributed by atoms with Crippen LogP contribution in [0, 0.1) is 5.92 Å². The van der Waals surface area contributed by atoms with Crippen molar-refractivity contribution in [1.82, 2.24) is 4.90 Å². The first-order valence-electron chi connectivity index (χ1n) is 8.22. The number of aliphatic hydroxyl groups is 1. The Morgan fingerprint density at radius 1 is 1.22 bits per heavy atom. The number of aliphatic hydroxyl groups excluding tert-OH is 1. The Morgan fingerprint density at radius 3 is 2.61 bits per heavy atom. The smallest absolute Gasteiger partial charge is 0.336 e. The molecule has 5 nitrogen and oxygen atoms in total. The lowest BCUT2D eigenvalue weighted by molar-refractivity contribution is 0.127. The fourth-order valence-corrected chi connectivity index (χ4v) is 3.29. The molecule has 1 aromatic heterocycles. The van der Waals surface area contributed by atoms with Crippen LogP contribution in [0.4, 0.5) is 0 Å². The molecule has 23 heavy (non-hydrogen) atoms. The molecule has 0 saturated carbocycles. The summed E-state index contributed by atoms with van der Waals surface area (Å²) in [5.41, 5.74) is 1.84. The number of piperidine rings is 1. The first-order valence-corrected chi connectivity index (χ1v) is 8.22. The van der Waals surface area contributed by atoms with Crippen LogP contribution in [0.25, 0.3) is 11.0 Å². The van der Waals surface area contributed by atoms with Crippen molar-refractivity contribution in [2.24, 2.45) is 5.92 Å². The molecule has 1 aliphatic rings. The van der Waals surface area contributed by atoms with E-state index in [4.69, 9.17) is 4.42 Å². The van der Waals surface area contributed by atoms with Gasteiger partial charge in [-0.2, -0.15) is 0 Å². The van der Waals surface area contributed by atoms with Crippen molar-refractivity contribution in [3.05, 3.63) is 39.7 Å². The van der Waals surface area contributed by atoms with Crippen molar-refractivity contribution in [2.45, 2.75) is 32.7 Å². The van der Waals surface area contributed by atoms with Crippen molar-refractivity contribution in [2.75, 3.05) is 19.7 Å². The van der Waals surface area contributed by atoms with E-state index >= 15 is 0 Å². The molecule has 0 spiro atoms. The third kappa shape index (κ3) is 3.41. The summed E-state index contributed by atoms with van der Waals surface area (Å²) in [6, 6.07) is 5.01. The lowest BCUT2D eigenvalue weighted by Gasteiger charge is -2.31. The molecule has 2 N–H and O–H groups in total. The van der Waals surface area contributed by atoms with Gasteiger partial charge < -0.3 is 14.6 Å². The van der Waals surface area contributed by atoms with Gasteiger partial charge in [0.2, 0.25) is 0 Å². The number of phenolic OH excluding ortho intramolecular Hbond substituents is 1. The van der Waals surface area contributed by atoms with E-state index in [-0.39, 0.29) is 18.0 Å². The lowest BCUT2D eigenvalue weighted by atomic mass is 9.97. The summed E-state index contributed by atoms with van der Waals surface area (Å²) < 4.78 is 5.24. The van der Waals surface area contributed by atoms with E-state index in [0.717, 1.165) is 48.9 Å². The average Bonchev–Trinajstić information content (AvgIpc) is 2.55. The van der Waals surface area contributed by atoms with Gasteiger partial charge in [-0.05, 0) is 55.5 Å². The Kier molecular flexibility index (Phi) is 4.68. The fourth-order valence-electron chi connectivity index (χ4n) is 3.29. The Hall–Kier alpha value is -1.85. The van der Waals surface area contributed by atoms with Crippen molar-refractivity contribution < 1.29 is 14.6 Å². The van der Waals surface area contributed by atoms with Gasteiger partial charge in [-0.3, -0.25) is 4.90 Å². The molecule has 0 radical (unpaired) electrons. The zero-order valence-corrected chi connectivity index (χ0v) is 13.4. The van der Waals surface area contributed by atoms with Gasteiger partial charge in [-0.1, -0.05) is 6.92 Å². The van der Waals surface area contributed by atoms with Crippen molar-refractivity contribution in [3.63, 3.8) is 0 Å². The number of aryl methyl sites for hydroxylation is 1. The van der Waals surface area contributed by atoms with Crippen LogP contribution in [0.2, 0.25) is 0 Å². The average molecular weight is 317 g/mol. The van der Waals surface area contributed by atoms with E-state index in [1.807, 2.05) is 13.0 Å². The highest BCUT2D eigenvalue weighted by molar-refractivity contribution is 5.82. The summed E-state index contributed by atoms with van der Waals surface area (Å²) in [7, 11) is 0. The molecule has 0 unspecified atom stereocenters. The van der Waals surface area contributed by atoms with E-state index in [2.05, 4.69) is 4.90 Å². The molecule has 1 aromatic carbocycles. The monoisotopic (exact) mass is 317 g/mol. The van der Waals surface area contributed by atoms with E-state index in [9.17, 15) is 15.0 Å². The second-order valence-electron chi connectivity index (χ2n) is 6.32. The van der Waals surface area contributed by atoms with E-state index in [1.54, 1.807) is 6.07 Å². The standard InChI is InChI=1S/C18H23NO4/c1-2-13-7-15-14(8-18(22)23-17(15)9-16(13)21)10-19-5-3-12(11-20)4-6-19/h7-9,12,20-21H,2-6,10-11H2,1H3. The molecule has 1 aliphatic heterocycles. The van der Waals surface area contributed by atoms with Crippen LogP contribution in [-0.4, -0.2) is 34.8 Å². The normalized spacial score (nSPS) is 17.0. The van der Waals surface area contributed by atoms with E-state index in [1.165, 1.54) is 6.07 Å². The third-order valence-corrected chi connectivity index (χ3v) is 4.77. The van der Waals surface area contributed by atoms with Crippen LogP contribution in [0.3, 0.4) is 0 Å². The van der Waals surface area contributed by atoms with Crippen LogP contribution in [0.15, 0.2) is 27.4 Å². The minimum atomic E-state index is -0.388. The first-order chi connectivity index (χ1) is 11.1. The Labute approximate surface area is 135 Å². The first kappa shape index (κ1) is 16.0. The van der Waals surface area contributed by atoms with Gasteiger partial charge in [-0.15, -0.1) is 0 Å². The minimum Gasteiger partial charge on any atom is -0.508 e. The zero-order valence-electron chi connectivity index (χ0n) is 13.4. The molecular formula is C18H23NO4. The van der Waals surface area contributed by atoms with E-state index < -0.39 is 0 Å². The predicted octanol–water partition coefficient (Wildman–Crippen LogP) is 2.27. The SMILES string of the molecule is CCc1cc2c(CN3CCC(CO)CC3)cc(=O)oc2cc1O. The zero-order chi connectivity index (χ0) is 16.4. The molecule has 0 atom stereocenters. The van der Waals surface area contributed by atoms with Crippen LogP contribution in [0.1, 0.15) is 30.9 Å². The van der Waals surface area contributed by atoms with Gasteiger partial charge >= 0.3 is 5.63 Å². The summed E-state index contributed by atoms with van der Waals surface area (Å²) in [5, 5.41) is 20.1. The summed E-state index contributed by atoms with van der Waals surface area (Å²) >= 11 is 0. The largest absolute Gasteiger partial charge is 0.508 e. The van der Waals surface area contributed by atoms with Gasteiger partial charge in [0, 0.05) is 30.7 Å². The molecule has 2 aromatic rings. The summed E-state index contributed by atoms with van der Waals surface area (Å²) in [6.07, 6.45) is 2.69. The highest BCUT2D eigenvalue weighted by Gasteiger charge is 2.20. The fraction of sp³-hybridized carbons (Fsp3) is 0.500. The number of likely N-dealkylation sites (tertiary alicyclic amines) is 1. The number of nitrogens with zero attached hydrogens (tertiary/aromatic N) is 1. The van der Waals surface area contributed by atoms with Crippen molar-refractivity contribution in [3.8, 4) is 5.75 Å². The topological polar surface area (TPSA) is 73.9 Å². The second kappa shape index (κ2) is 6.72. The maximum atomic E-state index is 11.8. The predicted molar refractivity (Wildman–Crippen MR) is 88.6 cm³/mol. The minimum absolute atomic E-state index is 0.170. The summed E-state index contributed by atoms with van der Waals surface area (Å²) in [4.78, 5) is 14.1. The Bertz CT molecular complexity index is 745. The highest BCUT2D eigenvalue weighted by atomic mass is 16.4. The number of hydrogen-bond donors (Lipinski definition) is 2.